The summed E-state index contributed by atoms with van der Waals surface area (Å²) < 4.78 is 43.4. The number of aliphatic hydroxyl groups is 2. The molecule has 2 aromatic carbocycles. The van der Waals surface area contributed by atoms with Gasteiger partial charge in [0.05, 0.1) is 23.8 Å². The van der Waals surface area contributed by atoms with Crippen LogP contribution in [0.5, 0.6) is 0 Å². The summed E-state index contributed by atoms with van der Waals surface area (Å²) in [7, 11) is 0. The second-order valence-electron chi connectivity index (χ2n) is 12.4. The zero-order chi connectivity index (χ0) is 30.3. The predicted octanol–water partition coefficient (Wildman–Crippen LogP) is 4.39. The molecule has 2 aromatic rings. The minimum Gasteiger partial charge on any atom is -0.394 e. The fraction of sp³-hybridized carbons (Fsp3) is 0.533. The van der Waals surface area contributed by atoms with Crippen LogP contribution in [0.4, 0.5) is 18.9 Å². The number of carbonyl (C=O) groups is 2. The van der Waals surface area contributed by atoms with Gasteiger partial charge in [-0.05, 0) is 59.9 Å². The molecule has 0 unspecified atom stereocenters. The van der Waals surface area contributed by atoms with Crippen molar-refractivity contribution in [2.45, 2.75) is 76.5 Å². The number of anilines is 1. The third kappa shape index (κ3) is 5.98. The van der Waals surface area contributed by atoms with Crippen LogP contribution in [0.2, 0.25) is 5.02 Å². The largest absolute Gasteiger partial charge is 0.394 e. The molecule has 41 heavy (non-hydrogen) atoms. The van der Waals surface area contributed by atoms with E-state index in [4.69, 9.17) is 16.7 Å². The van der Waals surface area contributed by atoms with Gasteiger partial charge in [-0.2, -0.15) is 0 Å². The van der Waals surface area contributed by atoms with E-state index in [1.807, 2.05) is 0 Å². The normalized spacial score (nSPS) is 24.6. The number of nitrogens with one attached hydrogen (secondary N) is 3. The van der Waals surface area contributed by atoms with E-state index in [2.05, 4.69) is 43.6 Å². The highest BCUT2D eigenvalue weighted by molar-refractivity contribution is 6.30. The van der Waals surface area contributed by atoms with E-state index in [1.165, 1.54) is 12.1 Å². The lowest BCUT2D eigenvalue weighted by Crippen LogP contribution is -2.50. The van der Waals surface area contributed by atoms with Gasteiger partial charge in [0.1, 0.15) is 11.2 Å². The monoisotopic (exact) mass is 595 g/mol. The summed E-state index contributed by atoms with van der Waals surface area (Å²) in [5.74, 6) is -4.66. The molecule has 2 heterocycles. The van der Waals surface area contributed by atoms with Gasteiger partial charge in [0.15, 0.2) is 11.6 Å². The first-order valence-corrected chi connectivity index (χ1v) is 14.2. The Morgan fingerprint density at radius 3 is 2.46 bits per heavy atom. The number of benzene rings is 2. The van der Waals surface area contributed by atoms with E-state index < -0.39 is 65.4 Å². The molecule has 2 aliphatic rings. The van der Waals surface area contributed by atoms with Crippen LogP contribution < -0.4 is 16.0 Å². The second kappa shape index (κ2) is 11.9. The number of amides is 2. The molecule has 11 heteroatoms. The first kappa shape index (κ1) is 31.3. The summed E-state index contributed by atoms with van der Waals surface area (Å²) in [6.07, 6.45) is 0.248. The number of aliphatic hydroxyl groups excluding tert-OH is 2. The van der Waals surface area contributed by atoms with Crippen molar-refractivity contribution in [3.05, 3.63) is 63.9 Å². The standard InChI is InChI=1S/C30H37ClF3N3O4/c1-15(2)12-29(3,4)13-24-30(18-10-21(33)22(34)11-23(18)36-28(30)41)25(16-5-6-20(32)19(31)9-16)26(37-24)27(40)35-8-7-17(39)14-38/h5-6,9-11,15,17,24-26,37-39H,7-8,12-14H2,1-4H3,(H,35,40)(H,36,41)/t17-,24+,25-,26+,30-/m0/s1. The van der Waals surface area contributed by atoms with Crippen molar-refractivity contribution in [1.82, 2.24) is 10.6 Å². The molecule has 0 saturated carbocycles. The molecule has 0 bridgehead atoms. The molecule has 0 aromatic heterocycles. The maximum absolute atomic E-state index is 14.8. The SMILES string of the molecule is CC(C)CC(C)(C)C[C@H]1N[C@@H](C(=O)NCC[C@H](O)CO)[C@H](c2ccc(F)c(Cl)c2)[C@@]12C(=O)Nc1cc(F)c(F)cc12. The summed E-state index contributed by atoms with van der Waals surface area (Å²) in [6.45, 7) is 7.83. The van der Waals surface area contributed by atoms with Gasteiger partial charge in [-0.1, -0.05) is 45.4 Å². The van der Waals surface area contributed by atoms with Gasteiger partial charge in [0, 0.05) is 30.3 Å². The van der Waals surface area contributed by atoms with Crippen molar-refractivity contribution >= 4 is 29.1 Å². The Morgan fingerprint density at radius 2 is 1.83 bits per heavy atom. The highest BCUT2D eigenvalue weighted by atomic mass is 35.5. The Morgan fingerprint density at radius 1 is 1.15 bits per heavy atom. The number of hydrogen-bond acceptors (Lipinski definition) is 5. The molecular formula is C30H37ClF3N3O4. The molecule has 0 radical (unpaired) electrons. The van der Waals surface area contributed by atoms with Gasteiger partial charge in [0.25, 0.3) is 0 Å². The molecule has 4 rings (SSSR count). The van der Waals surface area contributed by atoms with Crippen LogP contribution in [0.3, 0.4) is 0 Å². The summed E-state index contributed by atoms with van der Waals surface area (Å²) in [6, 6.07) is 4.11. The fourth-order valence-electron chi connectivity index (χ4n) is 6.83. The number of fused-ring (bicyclic) bond motifs is 2. The molecule has 7 nitrogen and oxygen atoms in total. The Hall–Kier alpha value is -2.66. The molecule has 5 N–H and O–H groups in total. The Kier molecular flexibility index (Phi) is 9.09. The maximum atomic E-state index is 14.8. The summed E-state index contributed by atoms with van der Waals surface area (Å²) in [4.78, 5) is 27.9. The smallest absolute Gasteiger partial charge is 0.237 e. The van der Waals surface area contributed by atoms with Gasteiger partial charge < -0.3 is 26.2 Å². The van der Waals surface area contributed by atoms with Crippen LogP contribution in [0.15, 0.2) is 30.3 Å². The van der Waals surface area contributed by atoms with Gasteiger partial charge in [0.2, 0.25) is 11.8 Å². The third-order valence-electron chi connectivity index (χ3n) is 8.17. The number of hydrogen-bond donors (Lipinski definition) is 5. The lowest BCUT2D eigenvalue weighted by molar-refractivity contribution is -0.124. The van der Waals surface area contributed by atoms with Gasteiger partial charge >= 0.3 is 0 Å². The summed E-state index contributed by atoms with van der Waals surface area (Å²) >= 11 is 6.17. The van der Waals surface area contributed by atoms with Crippen molar-refractivity contribution in [3.63, 3.8) is 0 Å². The first-order chi connectivity index (χ1) is 19.2. The molecule has 5 atom stereocenters. The van der Waals surface area contributed by atoms with Gasteiger partial charge in [-0.25, -0.2) is 13.2 Å². The Labute approximate surface area is 242 Å². The van der Waals surface area contributed by atoms with Gasteiger partial charge in [-0.15, -0.1) is 0 Å². The van der Waals surface area contributed by atoms with E-state index in [9.17, 15) is 27.9 Å². The molecular weight excluding hydrogens is 559 g/mol. The fourth-order valence-corrected chi connectivity index (χ4v) is 7.02. The molecule has 1 saturated heterocycles. The van der Waals surface area contributed by atoms with Crippen molar-refractivity contribution in [3.8, 4) is 0 Å². The second-order valence-corrected chi connectivity index (χ2v) is 12.8. The highest BCUT2D eigenvalue weighted by Gasteiger charge is 2.66. The molecule has 2 aliphatic heterocycles. The predicted molar refractivity (Wildman–Crippen MR) is 150 cm³/mol. The highest BCUT2D eigenvalue weighted by Crippen LogP contribution is 2.57. The van der Waals surface area contributed by atoms with Crippen LogP contribution in [-0.2, 0) is 15.0 Å². The van der Waals surface area contributed by atoms with Crippen LogP contribution in [0.1, 0.15) is 64.0 Å². The van der Waals surface area contributed by atoms with E-state index in [-0.39, 0.29) is 34.7 Å². The Balaban J connectivity index is 1.91. The average molecular weight is 596 g/mol. The minimum absolute atomic E-state index is 0.0365. The molecule has 0 aliphatic carbocycles. The summed E-state index contributed by atoms with van der Waals surface area (Å²) in [5.41, 5.74) is -1.23. The van der Waals surface area contributed by atoms with Crippen molar-refractivity contribution in [1.29, 1.82) is 0 Å². The molecule has 2 amide bonds. The van der Waals surface area contributed by atoms with Crippen molar-refractivity contribution < 1.29 is 33.0 Å². The summed E-state index contributed by atoms with van der Waals surface area (Å²) in [5, 5.41) is 27.5. The van der Waals surface area contributed by atoms with E-state index in [0.29, 0.717) is 17.9 Å². The van der Waals surface area contributed by atoms with E-state index in [1.54, 1.807) is 0 Å². The number of carbonyl (C=O) groups excluding carboxylic acids is 2. The van der Waals surface area contributed by atoms with Crippen molar-refractivity contribution in [2.24, 2.45) is 11.3 Å². The van der Waals surface area contributed by atoms with Crippen LogP contribution in [0, 0.1) is 28.8 Å². The van der Waals surface area contributed by atoms with E-state index >= 15 is 0 Å². The van der Waals surface area contributed by atoms with Crippen LogP contribution >= 0.6 is 11.6 Å². The number of rotatable bonds is 10. The zero-order valence-corrected chi connectivity index (χ0v) is 24.3. The first-order valence-electron chi connectivity index (χ1n) is 13.8. The third-order valence-corrected chi connectivity index (χ3v) is 8.46. The van der Waals surface area contributed by atoms with Crippen molar-refractivity contribution in [2.75, 3.05) is 18.5 Å². The molecule has 224 valence electrons. The van der Waals surface area contributed by atoms with E-state index in [0.717, 1.165) is 24.6 Å². The van der Waals surface area contributed by atoms with Crippen LogP contribution in [0.25, 0.3) is 0 Å². The topological polar surface area (TPSA) is 111 Å². The lowest BCUT2D eigenvalue weighted by Gasteiger charge is -2.39. The average Bonchev–Trinajstić information content (AvgIpc) is 3.35. The number of halogens is 4. The minimum atomic E-state index is -1.58. The maximum Gasteiger partial charge on any atom is 0.237 e. The zero-order valence-electron chi connectivity index (χ0n) is 23.5. The van der Waals surface area contributed by atoms with Crippen LogP contribution in [-0.4, -0.2) is 53.4 Å². The van der Waals surface area contributed by atoms with Gasteiger partial charge in [-0.3, -0.25) is 9.59 Å². The molecule has 1 spiro atoms. The quantitative estimate of drug-likeness (QED) is 0.280. The molecule has 1 fully saturated rings. The Bertz CT molecular complexity index is 1320. The lowest BCUT2D eigenvalue weighted by atomic mass is 9.62.